The molecule has 0 radical (unpaired) electrons. The topological polar surface area (TPSA) is 58.6 Å². The molecule has 1 saturated heterocycles. The zero-order valence-electron chi connectivity index (χ0n) is 13.5. The summed E-state index contributed by atoms with van der Waals surface area (Å²) in [6.45, 7) is 5.53. The van der Waals surface area contributed by atoms with Crippen LogP contribution < -0.4 is 10.1 Å². The number of hydrogen-bond donors (Lipinski definition) is 1. The number of nitrogens with zero attached hydrogens (tertiary/aromatic N) is 1. The summed E-state index contributed by atoms with van der Waals surface area (Å²) in [5.41, 5.74) is 0.721. The molecule has 5 nitrogen and oxygen atoms in total. The summed E-state index contributed by atoms with van der Waals surface area (Å²) in [6, 6.07) is 7.18. The van der Waals surface area contributed by atoms with Crippen LogP contribution >= 0.6 is 0 Å². The maximum Gasteiger partial charge on any atom is 0.229 e. The molecule has 22 heavy (non-hydrogen) atoms. The van der Waals surface area contributed by atoms with Gasteiger partial charge in [-0.25, -0.2) is 0 Å². The van der Waals surface area contributed by atoms with Gasteiger partial charge in [0.15, 0.2) is 0 Å². The smallest absolute Gasteiger partial charge is 0.229 e. The standard InChI is InChI=1S/C17H24N2O3/c1-12(2)8-9-19-11-13(10-16(19)20)17(21)18-14-4-6-15(22-3)7-5-14/h4-7,12-13H,8-11H2,1-3H3,(H,18,21)/t13-/m1/s1. The predicted molar refractivity (Wildman–Crippen MR) is 85.8 cm³/mol. The average Bonchev–Trinajstić information content (AvgIpc) is 2.87. The first-order valence-electron chi connectivity index (χ1n) is 7.72. The van der Waals surface area contributed by atoms with Crippen LogP contribution in [0.15, 0.2) is 24.3 Å². The van der Waals surface area contributed by atoms with E-state index in [1.807, 2.05) is 0 Å². The summed E-state index contributed by atoms with van der Waals surface area (Å²) in [7, 11) is 1.60. The fraction of sp³-hybridized carbons (Fsp3) is 0.529. The first-order valence-corrected chi connectivity index (χ1v) is 7.72. The van der Waals surface area contributed by atoms with Gasteiger partial charge in [0, 0.05) is 25.2 Å². The zero-order valence-corrected chi connectivity index (χ0v) is 13.5. The quantitative estimate of drug-likeness (QED) is 0.878. The molecule has 1 aromatic carbocycles. The van der Waals surface area contributed by atoms with E-state index in [-0.39, 0.29) is 17.7 Å². The van der Waals surface area contributed by atoms with Crippen molar-refractivity contribution in [1.82, 2.24) is 4.90 Å². The number of hydrogen-bond acceptors (Lipinski definition) is 3. The van der Waals surface area contributed by atoms with Crippen molar-refractivity contribution in [2.45, 2.75) is 26.7 Å². The Hall–Kier alpha value is -2.04. The second-order valence-electron chi connectivity index (χ2n) is 6.14. The van der Waals surface area contributed by atoms with Crippen molar-refractivity contribution in [3.8, 4) is 5.75 Å². The lowest BCUT2D eigenvalue weighted by Crippen LogP contribution is -2.29. The Morgan fingerprint density at radius 3 is 2.64 bits per heavy atom. The van der Waals surface area contributed by atoms with Crippen LogP contribution in [0.3, 0.4) is 0 Å². The van der Waals surface area contributed by atoms with E-state index < -0.39 is 0 Å². The Labute approximate surface area is 131 Å². The summed E-state index contributed by atoms with van der Waals surface area (Å²) in [5, 5.41) is 2.87. The van der Waals surface area contributed by atoms with E-state index in [1.54, 1.807) is 36.3 Å². The summed E-state index contributed by atoms with van der Waals surface area (Å²) >= 11 is 0. The summed E-state index contributed by atoms with van der Waals surface area (Å²) < 4.78 is 5.08. The summed E-state index contributed by atoms with van der Waals surface area (Å²) in [5.74, 6) is 1.02. The lowest BCUT2D eigenvalue weighted by Gasteiger charge is -2.17. The second-order valence-corrected chi connectivity index (χ2v) is 6.14. The van der Waals surface area contributed by atoms with Crippen LogP contribution in [-0.4, -0.2) is 36.9 Å². The van der Waals surface area contributed by atoms with Crippen LogP contribution in [0.25, 0.3) is 0 Å². The highest BCUT2D eigenvalue weighted by atomic mass is 16.5. The number of ether oxygens (including phenoxy) is 1. The molecule has 0 aromatic heterocycles. The number of rotatable bonds is 6. The molecule has 0 spiro atoms. The maximum absolute atomic E-state index is 12.3. The number of amides is 2. The minimum absolute atomic E-state index is 0.0792. The number of anilines is 1. The van der Waals surface area contributed by atoms with Crippen LogP contribution in [0.2, 0.25) is 0 Å². The van der Waals surface area contributed by atoms with Crippen LogP contribution in [-0.2, 0) is 9.59 Å². The number of methoxy groups -OCH3 is 1. The van der Waals surface area contributed by atoms with Gasteiger partial charge in [0.05, 0.1) is 13.0 Å². The molecule has 1 heterocycles. The first kappa shape index (κ1) is 16.3. The van der Waals surface area contributed by atoms with Crippen molar-refractivity contribution in [3.63, 3.8) is 0 Å². The molecular weight excluding hydrogens is 280 g/mol. The second kappa shape index (κ2) is 7.29. The first-order chi connectivity index (χ1) is 10.5. The molecule has 0 bridgehead atoms. The number of likely N-dealkylation sites (tertiary alicyclic amines) is 1. The van der Waals surface area contributed by atoms with Gasteiger partial charge in [-0.15, -0.1) is 0 Å². The van der Waals surface area contributed by atoms with Crippen molar-refractivity contribution in [1.29, 1.82) is 0 Å². The number of benzene rings is 1. The Bertz CT molecular complexity index is 525. The van der Waals surface area contributed by atoms with Crippen molar-refractivity contribution in [3.05, 3.63) is 24.3 Å². The van der Waals surface area contributed by atoms with Gasteiger partial charge in [-0.05, 0) is 36.6 Å². The highest BCUT2D eigenvalue weighted by Crippen LogP contribution is 2.22. The summed E-state index contributed by atoms with van der Waals surface area (Å²) in [4.78, 5) is 26.0. The van der Waals surface area contributed by atoms with Crippen molar-refractivity contribution in [2.24, 2.45) is 11.8 Å². The Balaban J connectivity index is 1.88. The highest BCUT2D eigenvalue weighted by Gasteiger charge is 2.34. The molecule has 2 rings (SSSR count). The largest absolute Gasteiger partial charge is 0.497 e. The SMILES string of the molecule is COc1ccc(NC(=O)[C@@H]2CC(=O)N(CCC(C)C)C2)cc1. The third-order valence-electron chi connectivity index (χ3n) is 3.92. The van der Waals surface area contributed by atoms with E-state index >= 15 is 0 Å². The van der Waals surface area contributed by atoms with Gasteiger partial charge in [0.1, 0.15) is 5.75 Å². The normalized spacial score (nSPS) is 17.9. The fourth-order valence-electron chi connectivity index (χ4n) is 2.50. The van der Waals surface area contributed by atoms with Crippen LogP contribution in [0, 0.1) is 11.8 Å². The van der Waals surface area contributed by atoms with Gasteiger partial charge in [-0.1, -0.05) is 13.8 Å². The minimum Gasteiger partial charge on any atom is -0.497 e. The fourth-order valence-corrected chi connectivity index (χ4v) is 2.50. The van der Waals surface area contributed by atoms with Gasteiger partial charge in [-0.3, -0.25) is 9.59 Å². The summed E-state index contributed by atoms with van der Waals surface area (Å²) in [6.07, 6.45) is 1.28. The van der Waals surface area contributed by atoms with E-state index in [4.69, 9.17) is 4.74 Å². The molecule has 1 aromatic rings. The third kappa shape index (κ3) is 4.23. The van der Waals surface area contributed by atoms with Gasteiger partial charge < -0.3 is 15.0 Å². The zero-order chi connectivity index (χ0) is 16.1. The molecular formula is C17H24N2O3. The molecule has 0 aliphatic carbocycles. The van der Waals surface area contributed by atoms with Gasteiger partial charge in [0.2, 0.25) is 11.8 Å². The molecule has 1 atom stereocenters. The molecule has 1 aliphatic rings. The van der Waals surface area contributed by atoms with Crippen molar-refractivity contribution < 1.29 is 14.3 Å². The molecule has 1 N–H and O–H groups in total. The monoisotopic (exact) mass is 304 g/mol. The molecule has 2 amide bonds. The van der Waals surface area contributed by atoms with Gasteiger partial charge in [0.25, 0.3) is 0 Å². The van der Waals surface area contributed by atoms with E-state index in [1.165, 1.54) is 0 Å². The lowest BCUT2D eigenvalue weighted by molar-refractivity contribution is -0.128. The number of nitrogens with one attached hydrogen (secondary N) is 1. The average molecular weight is 304 g/mol. The van der Waals surface area contributed by atoms with Gasteiger partial charge in [-0.2, -0.15) is 0 Å². The van der Waals surface area contributed by atoms with E-state index in [2.05, 4.69) is 19.2 Å². The highest BCUT2D eigenvalue weighted by molar-refractivity contribution is 5.97. The molecule has 1 fully saturated rings. The van der Waals surface area contributed by atoms with E-state index in [9.17, 15) is 9.59 Å². The van der Waals surface area contributed by atoms with Crippen molar-refractivity contribution >= 4 is 17.5 Å². The Kier molecular flexibility index (Phi) is 5.41. The Morgan fingerprint density at radius 2 is 2.05 bits per heavy atom. The third-order valence-corrected chi connectivity index (χ3v) is 3.92. The minimum atomic E-state index is -0.262. The van der Waals surface area contributed by atoms with Crippen LogP contribution in [0.5, 0.6) is 5.75 Å². The van der Waals surface area contributed by atoms with Gasteiger partial charge >= 0.3 is 0 Å². The number of carbonyl (C=O) groups excluding carboxylic acids is 2. The van der Waals surface area contributed by atoms with Crippen LogP contribution in [0.1, 0.15) is 26.7 Å². The van der Waals surface area contributed by atoms with E-state index in [0.717, 1.165) is 24.4 Å². The lowest BCUT2D eigenvalue weighted by atomic mass is 10.1. The molecule has 5 heteroatoms. The molecule has 0 unspecified atom stereocenters. The number of carbonyl (C=O) groups is 2. The predicted octanol–water partition coefficient (Wildman–Crippen LogP) is 2.53. The molecule has 120 valence electrons. The Morgan fingerprint density at radius 1 is 1.36 bits per heavy atom. The van der Waals surface area contributed by atoms with E-state index in [0.29, 0.717) is 18.9 Å². The van der Waals surface area contributed by atoms with Crippen LogP contribution in [0.4, 0.5) is 5.69 Å². The van der Waals surface area contributed by atoms with Crippen molar-refractivity contribution in [2.75, 3.05) is 25.5 Å². The molecule has 1 aliphatic heterocycles. The maximum atomic E-state index is 12.3. The molecule has 0 saturated carbocycles.